The lowest BCUT2D eigenvalue weighted by atomic mass is 9.99. The molecular formula is C11H16O. The van der Waals surface area contributed by atoms with E-state index in [0.29, 0.717) is 0 Å². The number of rotatable bonds is 3. The quantitative estimate of drug-likeness (QED) is 0.727. The predicted molar refractivity (Wildman–Crippen MR) is 51.1 cm³/mol. The number of benzene rings is 1. The van der Waals surface area contributed by atoms with Crippen LogP contribution in [0.15, 0.2) is 30.3 Å². The van der Waals surface area contributed by atoms with E-state index in [2.05, 4.69) is 12.1 Å². The van der Waals surface area contributed by atoms with Gasteiger partial charge < -0.3 is 5.11 Å². The monoisotopic (exact) mass is 164 g/mol. The van der Waals surface area contributed by atoms with E-state index in [1.165, 1.54) is 5.56 Å². The summed E-state index contributed by atoms with van der Waals surface area (Å²) in [5.74, 6) is 0. The lowest BCUT2D eigenvalue weighted by Crippen LogP contribution is -2.19. The topological polar surface area (TPSA) is 20.2 Å². The Kier molecular flexibility index (Phi) is 2.88. The van der Waals surface area contributed by atoms with Crippen LogP contribution in [0.4, 0.5) is 0 Å². The highest BCUT2D eigenvalue weighted by Gasteiger charge is 2.11. The van der Waals surface area contributed by atoms with E-state index < -0.39 is 5.60 Å². The lowest BCUT2D eigenvalue weighted by Gasteiger charge is -2.16. The maximum absolute atomic E-state index is 9.48. The second-order valence-corrected chi connectivity index (χ2v) is 3.80. The van der Waals surface area contributed by atoms with Crippen molar-refractivity contribution in [2.75, 3.05) is 0 Å². The molecule has 1 nitrogen and oxygen atoms in total. The van der Waals surface area contributed by atoms with E-state index in [0.717, 1.165) is 12.8 Å². The fourth-order valence-corrected chi connectivity index (χ4v) is 1.09. The molecule has 0 atom stereocenters. The molecule has 1 heteroatoms. The molecule has 0 radical (unpaired) electrons. The van der Waals surface area contributed by atoms with Gasteiger partial charge in [0.25, 0.3) is 0 Å². The molecule has 1 rings (SSSR count). The molecular weight excluding hydrogens is 148 g/mol. The summed E-state index contributed by atoms with van der Waals surface area (Å²) in [5, 5.41) is 9.48. The van der Waals surface area contributed by atoms with Crippen LogP contribution in [-0.2, 0) is 6.42 Å². The van der Waals surface area contributed by atoms with E-state index in [4.69, 9.17) is 0 Å². The summed E-state index contributed by atoms with van der Waals surface area (Å²) in [4.78, 5) is 0. The van der Waals surface area contributed by atoms with E-state index in [1.54, 1.807) is 0 Å². The third kappa shape index (κ3) is 3.54. The van der Waals surface area contributed by atoms with Gasteiger partial charge in [0.1, 0.15) is 0 Å². The van der Waals surface area contributed by atoms with Gasteiger partial charge in [0.15, 0.2) is 0 Å². The van der Waals surface area contributed by atoms with Crippen LogP contribution in [0.5, 0.6) is 0 Å². The van der Waals surface area contributed by atoms with Gasteiger partial charge in [0.2, 0.25) is 0 Å². The van der Waals surface area contributed by atoms with E-state index in [-0.39, 0.29) is 0 Å². The molecule has 66 valence electrons. The first-order chi connectivity index (χ1) is 5.58. The molecule has 0 saturated heterocycles. The second kappa shape index (κ2) is 3.72. The van der Waals surface area contributed by atoms with Gasteiger partial charge in [-0.25, -0.2) is 0 Å². The Labute approximate surface area is 74.1 Å². The van der Waals surface area contributed by atoms with Crippen molar-refractivity contribution in [3.8, 4) is 0 Å². The molecule has 0 bridgehead atoms. The average molecular weight is 164 g/mol. The zero-order valence-electron chi connectivity index (χ0n) is 7.75. The highest BCUT2D eigenvalue weighted by atomic mass is 16.3. The molecule has 12 heavy (non-hydrogen) atoms. The van der Waals surface area contributed by atoms with Gasteiger partial charge in [-0.05, 0) is 32.3 Å². The van der Waals surface area contributed by atoms with Gasteiger partial charge in [-0.15, -0.1) is 0 Å². The Morgan fingerprint density at radius 1 is 1.17 bits per heavy atom. The Bertz CT molecular complexity index is 221. The van der Waals surface area contributed by atoms with Crippen LogP contribution in [0.1, 0.15) is 25.8 Å². The molecule has 0 aromatic heterocycles. The molecule has 0 spiro atoms. The Morgan fingerprint density at radius 3 is 2.25 bits per heavy atom. The number of hydrogen-bond acceptors (Lipinski definition) is 1. The van der Waals surface area contributed by atoms with E-state index in [1.807, 2.05) is 32.0 Å². The lowest BCUT2D eigenvalue weighted by molar-refractivity contribution is 0.0714. The van der Waals surface area contributed by atoms with Crippen LogP contribution in [0.25, 0.3) is 0 Å². The van der Waals surface area contributed by atoms with Gasteiger partial charge in [-0.3, -0.25) is 0 Å². The molecule has 1 aromatic carbocycles. The maximum atomic E-state index is 9.48. The van der Waals surface area contributed by atoms with Crippen molar-refractivity contribution in [3.63, 3.8) is 0 Å². The Balaban J connectivity index is 2.44. The summed E-state index contributed by atoms with van der Waals surface area (Å²) in [5.41, 5.74) is 0.746. The minimum atomic E-state index is -0.546. The van der Waals surface area contributed by atoms with E-state index >= 15 is 0 Å². The highest BCUT2D eigenvalue weighted by molar-refractivity contribution is 5.14. The molecule has 0 unspecified atom stereocenters. The summed E-state index contributed by atoms with van der Waals surface area (Å²) >= 11 is 0. The van der Waals surface area contributed by atoms with Crippen molar-refractivity contribution in [1.82, 2.24) is 0 Å². The van der Waals surface area contributed by atoms with Gasteiger partial charge in [-0.1, -0.05) is 30.3 Å². The number of hydrogen-bond donors (Lipinski definition) is 1. The minimum Gasteiger partial charge on any atom is -0.390 e. The SMILES string of the molecule is CC(C)(O)CCc1ccccc1. The third-order valence-electron chi connectivity index (χ3n) is 1.87. The van der Waals surface area contributed by atoms with Crippen molar-refractivity contribution in [2.24, 2.45) is 0 Å². The first kappa shape index (κ1) is 9.27. The van der Waals surface area contributed by atoms with Crippen molar-refractivity contribution < 1.29 is 5.11 Å². The second-order valence-electron chi connectivity index (χ2n) is 3.80. The van der Waals surface area contributed by atoms with Crippen LogP contribution in [-0.4, -0.2) is 10.7 Å². The van der Waals surface area contributed by atoms with Crippen molar-refractivity contribution >= 4 is 0 Å². The summed E-state index contributed by atoms with van der Waals surface area (Å²) in [7, 11) is 0. The zero-order valence-corrected chi connectivity index (χ0v) is 7.75. The Hall–Kier alpha value is -0.820. The molecule has 1 N–H and O–H groups in total. The zero-order chi connectivity index (χ0) is 9.03. The van der Waals surface area contributed by atoms with Crippen LogP contribution < -0.4 is 0 Å². The van der Waals surface area contributed by atoms with Crippen molar-refractivity contribution in [1.29, 1.82) is 0 Å². The minimum absolute atomic E-state index is 0.546. The van der Waals surface area contributed by atoms with Crippen molar-refractivity contribution in [3.05, 3.63) is 35.9 Å². The first-order valence-electron chi connectivity index (χ1n) is 4.34. The van der Waals surface area contributed by atoms with Gasteiger partial charge in [0, 0.05) is 0 Å². The van der Waals surface area contributed by atoms with Crippen LogP contribution in [0.3, 0.4) is 0 Å². The molecule has 1 aromatic rings. The molecule has 0 aliphatic rings. The highest BCUT2D eigenvalue weighted by Crippen LogP contribution is 2.12. The molecule has 0 aliphatic carbocycles. The van der Waals surface area contributed by atoms with Gasteiger partial charge in [0.05, 0.1) is 5.60 Å². The molecule has 0 amide bonds. The number of aryl methyl sites for hydroxylation is 1. The van der Waals surface area contributed by atoms with Crippen LogP contribution in [0.2, 0.25) is 0 Å². The van der Waals surface area contributed by atoms with Crippen LogP contribution >= 0.6 is 0 Å². The normalized spacial score (nSPS) is 11.6. The standard InChI is InChI=1S/C11H16O/c1-11(2,12)9-8-10-6-4-3-5-7-10/h3-7,12H,8-9H2,1-2H3. The predicted octanol–water partition coefficient (Wildman–Crippen LogP) is 2.39. The van der Waals surface area contributed by atoms with E-state index in [9.17, 15) is 5.11 Å². The molecule has 0 heterocycles. The maximum Gasteiger partial charge on any atom is 0.0594 e. The van der Waals surface area contributed by atoms with Crippen molar-refractivity contribution in [2.45, 2.75) is 32.3 Å². The average Bonchev–Trinajstić information content (AvgIpc) is 2.02. The largest absolute Gasteiger partial charge is 0.390 e. The fraction of sp³-hybridized carbons (Fsp3) is 0.455. The van der Waals surface area contributed by atoms with Crippen LogP contribution in [0, 0.1) is 0 Å². The molecule has 0 aliphatic heterocycles. The first-order valence-corrected chi connectivity index (χ1v) is 4.34. The third-order valence-corrected chi connectivity index (χ3v) is 1.87. The smallest absolute Gasteiger partial charge is 0.0594 e. The summed E-state index contributed by atoms with van der Waals surface area (Å²) in [6.45, 7) is 3.69. The summed E-state index contributed by atoms with van der Waals surface area (Å²) < 4.78 is 0. The summed E-state index contributed by atoms with van der Waals surface area (Å²) in [6, 6.07) is 10.2. The number of aliphatic hydroxyl groups is 1. The van der Waals surface area contributed by atoms with Gasteiger partial charge >= 0.3 is 0 Å². The molecule has 0 fully saturated rings. The Morgan fingerprint density at radius 2 is 1.75 bits per heavy atom. The molecule has 0 saturated carbocycles. The van der Waals surface area contributed by atoms with Gasteiger partial charge in [-0.2, -0.15) is 0 Å². The fourth-order valence-electron chi connectivity index (χ4n) is 1.09. The summed E-state index contributed by atoms with van der Waals surface area (Å²) in [6.07, 6.45) is 1.77.